The number of rotatable bonds is 2. The lowest BCUT2D eigenvalue weighted by molar-refractivity contribution is 0.0321. The molecule has 3 rings (SSSR count). The van der Waals surface area contributed by atoms with Crippen LogP contribution >= 0.6 is 0 Å². The second-order valence-electron chi connectivity index (χ2n) is 4.76. The largest absolute Gasteiger partial charge is 0.367 e. The summed E-state index contributed by atoms with van der Waals surface area (Å²) in [5.41, 5.74) is 1.77. The van der Waals surface area contributed by atoms with E-state index in [4.69, 9.17) is 10.00 Å². The van der Waals surface area contributed by atoms with E-state index in [0.717, 1.165) is 24.6 Å². The third kappa shape index (κ3) is 2.36. The van der Waals surface area contributed by atoms with Crippen LogP contribution in [0.1, 0.15) is 17.5 Å². The highest BCUT2D eigenvalue weighted by atomic mass is 16.5. The van der Waals surface area contributed by atoms with Gasteiger partial charge >= 0.3 is 0 Å². The summed E-state index contributed by atoms with van der Waals surface area (Å²) >= 11 is 0. The lowest BCUT2D eigenvalue weighted by atomic mass is 10.2. The zero-order chi connectivity index (χ0) is 13.9. The first-order valence-corrected chi connectivity index (χ1v) is 6.48. The Hall–Kier alpha value is -2.39. The van der Waals surface area contributed by atoms with Crippen molar-refractivity contribution in [2.75, 3.05) is 24.6 Å². The van der Waals surface area contributed by atoms with Gasteiger partial charge in [0.2, 0.25) is 0 Å². The van der Waals surface area contributed by atoms with E-state index in [2.05, 4.69) is 21.2 Å². The molecule has 2 heterocycles. The fraction of sp³-hybridized carbons (Fsp3) is 0.357. The van der Waals surface area contributed by atoms with E-state index in [9.17, 15) is 0 Å². The minimum atomic E-state index is -0.0770. The van der Waals surface area contributed by atoms with Crippen molar-refractivity contribution in [3.63, 3.8) is 0 Å². The molecule has 102 valence electrons. The van der Waals surface area contributed by atoms with Crippen molar-refractivity contribution < 1.29 is 4.74 Å². The van der Waals surface area contributed by atoms with Gasteiger partial charge in [-0.15, -0.1) is 10.2 Å². The molecule has 6 heteroatoms. The van der Waals surface area contributed by atoms with Crippen LogP contribution in [0.15, 0.2) is 30.6 Å². The second-order valence-corrected chi connectivity index (χ2v) is 4.76. The molecule has 1 aromatic carbocycles. The molecular formula is C14H15N5O. The number of aromatic nitrogens is 3. The maximum Gasteiger partial charge on any atom is 0.163 e. The fourth-order valence-corrected chi connectivity index (χ4v) is 2.37. The second kappa shape index (κ2) is 5.31. The van der Waals surface area contributed by atoms with E-state index < -0.39 is 0 Å². The Labute approximate surface area is 117 Å². The average Bonchev–Trinajstić information content (AvgIpc) is 2.94. The Bertz CT molecular complexity index is 628. The summed E-state index contributed by atoms with van der Waals surface area (Å²) in [6.07, 6.45) is 1.60. The summed E-state index contributed by atoms with van der Waals surface area (Å²) in [4.78, 5) is 2.24. The smallest absolute Gasteiger partial charge is 0.163 e. The van der Waals surface area contributed by atoms with Gasteiger partial charge in [0, 0.05) is 19.3 Å². The molecule has 0 aliphatic carbocycles. The van der Waals surface area contributed by atoms with E-state index in [1.54, 1.807) is 6.33 Å². The van der Waals surface area contributed by atoms with Crippen LogP contribution in [0.5, 0.6) is 0 Å². The minimum Gasteiger partial charge on any atom is -0.367 e. The lowest BCUT2D eigenvalue weighted by Gasteiger charge is -2.33. The zero-order valence-electron chi connectivity index (χ0n) is 11.2. The van der Waals surface area contributed by atoms with Gasteiger partial charge in [0.05, 0.1) is 24.8 Å². The molecule has 0 amide bonds. The molecule has 1 aliphatic heterocycles. The van der Waals surface area contributed by atoms with Gasteiger partial charge in [-0.2, -0.15) is 5.26 Å². The molecule has 0 N–H and O–H groups in total. The number of nitrogens with zero attached hydrogens (tertiary/aromatic N) is 5. The first-order chi connectivity index (χ1) is 9.78. The highest BCUT2D eigenvalue weighted by Crippen LogP contribution is 2.24. The molecule has 0 radical (unpaired) electrons. The number of morpholine rings is 1. The van der Waals surface area contributed by atoms with Crippen LogP contribution in [-0.4, -0.2) is 34.5 Å². The summed E-state index contributed by atoms with van der Waals surface area (Å²) in [5.74, 6) is 0.836. The number of nitriles is 1. The molecule has 0 bridgehead atoms. The van der Waals surface area contributed by atoms with Crippen molar-refractivity contribution in [2.24, 2.45) is 7.05 Å². The van der Waals surface area contributed by atoms with Crippen LogP contribution in [0.2, 0.25) is 0 Å². The summed E-state index contributed by atoms with van der Waals surface area (Å²) in [5, 5.41) is 16.8. The fourth-order valence-electron chi connectivity index (χ4n) is 2.37. The molecular weight excluding hydrogens is 254 g/mol. The predicted molar refractivity (Wildman–Crippen MR) is 73.1 cm³/mol. The molecule has 0 spiro atoms. The Morgan fingerprint density at radius 2 is 2.15 bits per heavy atom. The van der Waals surface area contributed by atoms with Crippen molar-refractivity contribution in [3.05, 3.63) is 42.0 Å². The molecule has 6 nitrogen and oxygen atoms in total. The maximum absolute atomic E-state index is 8.83. The Morgan fingerprint density at radius 1 is 1.35 bits per heavy atom. The molecule has 20 heavy (non-hydrogen) atoms. The van der Waals surface area contributed by atoms with Crippen molar-refractivity contribution in [1.82, 2.24) is 14.8 Å². The first-order valence-electron chi connectivity index (χ1n) is 6.48. The molecule has 1 saturated heterocycles. The van der Waals surface area contributed by atoms with Crippen LogP contribution < -0.4 is 4.90 Å². The van der Waals surface area contributed by atoms with E-state index in [1.165, 1.54) is 0 Å². The average molecular weight is 269 g/mol. The van der Waals surface area contributed by atoms with Crippen molar-refractivity contribution in [3.8, 4) is 6.07 Å². The third-order valence-corrected chi connectivity index (χ3v) is 3.46. The molecule has 1 aromatic heterocycles. The number of benzene rings is 1. The summed E-state index contributed by atoms with van der Waals surface area (Å²) in [6, 6.07) is 9.74. The maximum atomic E-state index is 8.83. The van der Waals surface area contributed by atoms with Gasteiger partial charge in [-0.05, 0) is 24.3 Å². The van der Waals surface area contributed by atoms with Crippen LogP contribution in [0.3, 0.4) is 0 Å². The monoisotopic (exact) mass is 269 g/mol. The summed E-state index contributed by atoms with van der Waals surface area (Å²) in [6.45, 7) is 2.22. The Balaban J connectivity index is 1.78. The normalized spacial score (nSPS) is 18.8. The van der Waals surface area contributed by atoms with Gasteiger partial charge in [-0.25, -0.2) is 0 Å². The molecule has 1 fully saturated rings. The topological polar surface area (TPSA) is 67.0 Å². The van der Waals surface area contributed by atoms with Crippen LogP contribution in [0.4, 0.5) is 5.69 Å². The number of ether oxygens (including phenoxy) is 1. The molecule has 1 unspecified atom stereocenters. The SMILES string of the molecule is Cn1cnnc1C1CN(c2ccc(C#N)cc2)CCO1. The highest BCUT2D eigenvalue weighted by Gasteiger charge is 2.25. The van der Waals surface area contributed by atoms with Gasteiger partial charge in [0.25, 0.3) is 0 Å². The lowest BCUT2D eigenvalue weighted by Crippen LogP contribution is -2.39. The van der Waals surface area contributed by atoms with Crippen LogP contribution in [0, 0.1) is 11.3 Å². The molecule has 1 aliphatic rings. The Kier molecular flexibility index (Phi) is 3.35. The number of anilines is 1. The van der Waals surface area contributed by atoms with Gasteiger partial charge in [0.1, 0.15) is 12.4 Å². The summed E-state index contributed by atoms with van der Waals surface area (Å²) < 4.78 is 7.66. The van der Waals surface area contributed by atoms with Crippen molar-refractivity contribution >= 4 is 5.69 Å². The quantitative estimate of drug-likeness (QED) is 0.821. The predicted octanol–water partition coefficient (Wildman–Crippen LogP) is 1.26. The Morgan fingerprint density at radius 3 is 2.80 bits per heavy atom. The van der Waals surface area contributed by atoms with Crippen molar-refractivity contribution in [1.29, 1.82) is 5.26 Å². The summed E-state index contributed by atoms with van der Waals surface area (Å²) in [7, 11) is 1.92. The first kappa shape index (κ1) is 12.6. The minimum absolute atomic E-state index is 0.0770. The van der Waals surface area contributed by atoms with Crippen LogP contribution in [0.25, 0.3) is 0 Å². The number of aryl methyl sites for hydroxylation is 1. The van der Waals surface area contributed by atoms with E-state index in [0.29, 0.717) is 12.2 Å². The number of hydrogen-bond donors (Lipinski definition) is 0. The molecule has 1 atom stereocenters. The van der Waals surface area contributed by atoms with Gasteiger partial charge in [0.15, 0.2) is 5.82 Å². The third-order valence-electron chi connectivity index (χ3n) is 3.46. The highest BCUT2D eigenvalue weighted by molar-refractivity contribution is 5.50. The van der Waals surface area contributed by atoms with Gasteiger partial charge in [-0.3, -0.25) is 0 Å². The van der Waals surface area contributed by atoms with E-state index in [1.807, 2.05) is 35.9 Å². The van der Waals surface area contributed by atoms with E-state index in [-0.39, 0.29) is 6.10 Å². The zero-order valence-corrected chi connectivity index (χ0v) is 11.2. The van der Waals surface area contributed by atoms with Gasteiger partial charge < -0.3 is 14.2 Å². The van der Waals surface area contributed by atoms with E-state index >= 15 is 0 Å². The molecule has 0 saturated carbocycles. The standard InChI is InChI=1S/C14H15N5O/c1-18-10-16-17-14(18)13-9-19(6-7-20-13)12-4-2-11(8-15)3-5-12/h2-5,10,13H,6-7,9H2,1H3. The van der Waals surface area contributed by atoms with Crippen molar-refractivity contribution in [2.45, 2.75) is 6.10 Å². The van der Waals surface area contributed by atoms with Crippen LogP contribution in [-0.2, 0) is 11.8 Å². The molecule has 2 aromatic rings. The number of hydrogen-bond acceptors (Lipinski definition) is 5. The van der Waals surface area contributed by atoms with Gasteiger partial charge in [-0.1, -0.05) is 0 Å².